The molecule has 5 heterocycles. The molecule has 5 aliphatic rings. The van der Waals surface area contributed by atoms with E-state index in [1.807, 2.05) is 287 Å². The predicted octanol–water partition coefficient (Wildman–Crippen LogP) is 13.1. The molecule has 1 amide bonds. The number of nitrogens with one attached hydrogen (secondary N) is 1. The van der Waals surface area contributed by atoms with Crippen molar-refractivity contribution >= 4 is 11.9 Å². The minimum Gasteiger partial charge on any atom is -0.454 e. The van der Waals surface area contributed by atoms with Crippen LogP contribution in [0.5, 0.6) is 0 Å². The fourth-order valence-corrected chi connectivity index (χ4v) is 16.3. The summed E-state index contributed by atoms with van der Waals surface area (Å²) < 4.78 is 143. The number of amides is 1. The van der Waals surface area contributed by atoms with Crippen molar-refractivity contribution in [2.75, 3.05) is 19.8 Å². The summed E-state index contributed by atoms with van der Waals surface area (Å²) in [5, 5.41) is 27.8. The van der Waals surface area contributed by atoms with Crippen LogP contribution in [0, 0.1) is 0 Å². The van der Waals surface area contributed by atoms with E-state index in [1.165, 1.54) is 13.8 Å². The number of aliphatic hydroxyl groups is 2. The fraction of sp³-hybridized carbons (Fsp3) is 0.420. The molecular formula is C100H115NO24. The lowest BCUT2D eigenvalue weighted by Gasteiger charge is -2.53. The quantitative estimate of drug-likeness (QED) is 0.0237. The number of aliphatic hydroxyl groups excluding tert-OH is 2. The zero-order chi connectivity index (χ0) is 86.6. The van der Waals surface area contributed by atoms with Crippen molar-refractivity contribution in [3.8, 4) is 0 Å². The Labute approximate surface area is 731 Å². The second-order valence-electron chi connectivity index (χ2n) is 31.8. The molecule has 14 rings (SSSR count). The first-order valence-electron chi connectivity index (χ1n) is 42.9. The number of benzene rings is 9. The van der Waals surface area contributed by atoms with Crippen molar-refractivity contribution in [2.24, 2.45) is 0 Å². The van der Waals surface area contributed by atoms with E-state index < -0.39 is 172 Å². The molecule has 664 valence electrons. The van der Waals surface area contributed by atoms with Crippen LogP contribution in [0.2, 0.25) is 0 Å². The fourth-order valence-electron chi connectivity index (χ4n) is 16.3. The zero-order valence-electron chi connectivity index (χ0n) is 71.1. The molecule has 9 aromatic carbocycles. The lowest BCUT2D eigenvalue weighted by molar-refractivity contribution is -0.411. The Bertz CT molecular complexity index is 4610. The third kappa shape index (κ3) is 25.6. The lowest BCUT2D eigenvalue weighted by Crippen LogP contribution is -2.71. The first kappa shape index (κ1) is 92.0. The highest BCUT2D eigenvalue weighted by Gasteiger charge is 2.60. The van der Waals surface area contributed by atoms with Gasteiger partial charge in [-0.3, -0.25) is 9.59 Å². The van der Waals surface area contributed by atoms with Crippen LogP contribution in [-0.4, -0.2) is 195 Å². The van der Waals surface area contributed by atoms with Gasteiger partial charge in [0.05, 0.1) is 97.6 Å². The Kier molecular flexibility index (Phi) is 34.6. The van der Waals surface area contributed by atoms with Crippen LogP contribution in [0.25, 0.3) is 0 Å². The summed E-state index contributed by atoms with van der Waals surface area (Å²) in [6, 6.07) is 85.4. The maximum atomic E-state index is 14.5. The van der Waals surface area contributed by atoms with Crippen molar-refractivity contribution in [2.45, 2.75) is 248 Å². The predicted molar refractivity (Wildman–Crippen MR) is 458 cm³/mol. The lowest BCUT2D eigenvalue weighted by atomic mass is 9.94. The Balaban J connectivity index is 0.920. The number of hydrogen-bond acceptors (Lipinski definition) is 24. The Morgan fingerprint density at radius 3 is 0.992 bits per heavy atom. The molecule has 5 fully saturated rings. The normalized spacial score (nSPS) is 29.9. The van der Waals surface area contributed by atoms with E-state index in [-0.39, 0.29) is 72.7 Å². The van der Waals surface area contributed by atoms with Crippen LogP contribution < -0.4 is 5.32 Å². The number of ether oxygens (including phenoxy) is 20. The minimum absolute atomic E-state index is 0.0119. The number of rotatable bonds is 42. The van der Waals surface area contributed by atoms with E-state index in [0.29, 0.717) is 0 Å². The summed E-state index contributed by atoms with van der Waals surface area (Å²) in [6.45, 7) is 11.8. The largest absolute Gasteiger partial charge is 0.454 e. The molecule has 0 saturated carbocycles. The molecule has 0 bridgehead atoms. The van der Waals surface area contributed by atoms with E-state index in [0.717, 1.165) is 50.1 Å². The van der Waals surface area contributed by atoms with Gasteiger partial charge in [0.2, 0.25) is 5.91 Å². The van der Waals surface area contributed by atoms with Crippen molar-refractivity contribution in [1.82, 2.24) is 5.32 Å². The average molecular weight is 1720 g/mol. The summed E-state index contributed by atoms with van der Waals surface area (Å²) in [7, 11) is 0. The first-order chi connectivity index (χ1) is 61.2. The van der Waals surface area contributed by atoms with Crippen LogP contribution in [-0.2, 0) is 164 Å². The summed E-state index contributed by atoms with van der Waals surface area (Å²) in [4.78, 5) is 28.2. The SMILES string of the molecule is C=CCO[C@@H]1O[C@@H](C)[C@H](OCc2ccccc2)[C@@H](OCc2ccccc2)[C@H]1O[C@@H]1O[C@@H](C)[C@H](OCc2ccccc2)[C@@H](O[C@H]2O[C@H](COCc3ccccc3)[C@@H](OCc3ccccc3)[C@H](OCc3ccccc3)[C@H]2OCc2ccccc2)[C@H]1O[C@@H]1O[C@H](CO)[C@@H](O)[C@H](O[C@@H]2O[C@@H](C)[C@H](OCc3ccccc3)[C@@H](OCc3ccccc3)[C@H]2OC(C)=O)[C@H]1NC(C)=O. The molecule has 0 aromatic heterocycles. The van der Waals surface area contributed by atoms with E-state index in [9.17, 15) is 19.8 Å². The summed E-state index contributed by atoms with van der Waals surface area (Å²) in [6.07, 6.45) is -29.2. The third-order valence-corrected chi connectivity index (χ3v) is 22.5. The van der Waals surface area contributed by atoms with E-state index in [4.69, 9.17) is 94.7 Å². The van der Waals surface area contributed by atoms with Gasteiger partial charge in [-0.1, -0.05) is 279 Å². The topological polar surface area (TPSA) is 271 Å². The van der Waals surface area contributed by atoms with Crippen LogP contribution in [0.3, 0.4) is 0 Å². The molecule has 25 atom stereocenters. The molecule has 25 heteroatoms. The third-order valence-electron chi connectivity index (χ3n) is 22.5. The zero-order valence-corrected chi connectivity index (χ0v) is 71.1. The highest BCUT2D eigenvalue weighted by molar-refractivity contribution is 5.73. The van der Waals surface area contributed by atoms with Gasteiger partial charge in [0.15, 0.2) is 37.6 Å². The van der Waals surface area contributed by atoms with Gasteiger partial charge in [0.25, 0.3) is 0 Å². The van der Waals surface area contributed by atoms with Gasteiger partial charge in [-0.2, -0.15) is 0 Å². The van der Waals surface area contributed by atoms with Gasteiger partial charge < -0.3 is 110 Å². The van der Waals surface area contributed by atoms with Crippen molar-refractivity contribution in [1.29, 1.82) is 0 Å². The molecule has 5 saturated heterocycles. The van der Waals surface area contributed by atoms with Crippen molar-refractivity contribution in [3.05, 3.63) is 336 Å². The number of carbonyl (C=O) groups excluding carboxylic acids is 2. The van der Waals surface area contributed by atoms with Crippen molar-refractivity contribution < 1.29 is 115 Å². The Morgan fingerprint density at radius 2 is 0.616 bits per heavy atom. The van der Waals surface area contributed by atoms with Crippen LogP contribution >= 0.6 is 0 Å². The number of carbonyl (C=O) groups is 2. The molecule has 25 nitrogen and oxygen atoms in total. The second-order valence-corrected chi connectivity index (χ2v) is 31.8. The van der Waals surface area contributed by atoms with Crippen molar-refractivity contribution in [3.63, 3.8) is 0 Å². The van der Waals surface area contributed by atoms with Crippen LogP contribution in [0.15, 0.2) is 286 Å². The number of esters is 1. The highest BCUT2D eigenvalue weighted by atomic mass is 16.8. The second kappa shape index (κ2) is 47.0. The molecule has 0 unspecified atom stereocenters. The Hall–Kier alpha value is -9.18. The number of hydrogen-bond donors (Lipinski definition) is 3. The molecular weight excluding hydrogens is 1600 g/mol. The first-order valence-corrected chi connectivity index (χ1v) is 42.9. The maximum absolute atomic E-state index is 14.5. The molecule has 5 aliphatic heterocycles. The van der Waals surface area contributed by atoms with Gasteiger partial charge >= 0.3 is 5.97 Å². The van der Waals surface area contributed by atoms with Crippen LogP contribution in [0.4, 0.5) is 0 Å². The monoisotopic (exact) mass is 1710 g/mol. The molecule has 9 aromatic rings. The van der Waals surface area contributed by atoms with Gasteiger partial charge in [0.1, 0.15) is 97.6 Å². The van der Waals surface area contributed by atoms with Crippen LogP contribution in [0.1, 0.15) is 84.7 Å². The van der Waals surface area contributed by atoms with E-state index >= 15 is 0 Å². The van der Waals surface area contributed by atoms with Gasteiger partial charge in [-0.15, -0.1) is 6.58 Å². The van der Waals surface area contributed by atoms with Gasteiger partial charge in [0, 0.05) is 13.8 Å². The smallest absolute Gasteiger partial charge is 0.303 e. The molecule has 0 radical (unpaired) electrons. The minimum atomic E-state index is -1.82. The van der Waals surface area contributed by atoms with Gasteiger partial charge in [-0.25, -0.2) is 0 Å². The molecule has 0 aliphatic carbocycles. The maximum Gasteiger partial charge on any atom is 0.303 e. The van der Waals surface area contributed by atoms with E-state index in [2.05, 4.69) is 11.9 Å². The summed E-state index contributed by atoms with van der Waals surface area (Å²) in [5.41, 5.74) is 7.57. The molecule has 3 N–H and O–H groups in total. The standard InChI is InChI=1S/C100H115NO24/c1-7-53-107-97-93(88(112-60-75-45-27-13-28-46-75)83(65(2)116-97)108-56-71-37-19-9-20-38-71)125-100-95(124-96-81(101-68(5)103)87(82(105)79(54-102)120-96)122-99-94(119-69(6)104)89(113-61-76-47-29-14-30-48-76)84(66(3)117-99)109-57-72-39-21-10-22-40-72)91(85(67(4)118-100)110-58-73-41-23-11-24-42-73)123-98-92(115-63-78-51-33-16-34-52-78)90(114-62-77-49-31-15-32-50-77)86(111-59-74-43-25-12-26-44-74)80(121-98)64-106-55-70-35-17-8-18-36-70/h7-52,65-67,79-100,102,105H,1,53-64H2,2-6H3,(H,101,103)/t65-,66-,67-,79+,80+,81+,82+,83-,84-,85-,86+,87+,88+,89+,90-,91+,92+,93+,94+,95+,96-,97+,98+,99-,100-/m0/s1. The Morgan fingerprint density at radius 1 is 0.328 bits per heavy atom. The van der Waals surface area contributed by atoms with Gasteiger partial charge in [-0.05, 0) is 70.8 Å². The molecule has 125 heavy (non-hydrogen) atoms. The average Bonchev–Trinajstić information content (AvgIpc) is 0.755. The molecule has 0 spiro atoms. The summed E-state index contributed by atoms with van der Waals surface area (Å²) in [5.74, 6) is -1.37. The van der Waals surface area contributed by atoms with E-state index in [1.54, 1.807) is 13.0 Å². The summed E-state index contributed by atoms with van der Waals surface area (Å²) >= 11 is 0. The highest BCUT2D eigenvalue weighted by Crippen LogP contribution is 2.42.